The maximum atomic E-state index is 13.2. The number of sulfonamides is 2. The van der Waals surface area contributed by atoms with Crippen molar-refractivity contribution in [3.63, 3.8) is 0 Å². The summed E-state index contributed by atoms with van der Waals surface area (Å²) in [5, 5.41) is 0. The van der Waals surface area contributed by atoms with Gasteiger partial charge in [-0.1, -0.05) is 24.1 Å². The highest BCUT2D eigenvalue weighted by Crippen LogP contribution is 2.27. The largest absolute Gasteiger partial charge is 0.496 e. The average Bonchev–Trinajstić information content (AvgIpc) is 2.74. The molecule has 7 nitrogen and oxygen atoms in total. The van der Waals surface area contributed by atoms with Crippen molar-refractivity contribution in [2.75, 3.05) is 20.2 Å². The van der Waals surface area contributed by atoms with Gasteiger partial charge in [-0.2, -0.15) is 4.31 Å². The van der Waals surface area contributed by atoms with Gasteiger partial charge in [0.25, 0.3) is 0 Å². The number of ether oxygens (including phenoxy) is 1. The first kappa shape index (κ1) is 23.7. The highest BCUT2D eigenvalue weighted by molar-refractivity contribution is 7.89. The Bertz CT molecular complexity index is 1110. The number of piperidine rings is 1. The van der Waals surface area contributed by atoms with E-state index in [9.17, 15) is 16.8 Å². The average molecular weight is 467 g/mol. The lowest BCUT2D eigenvalue weighted by Crippen LogP contribution is -2.45. The van der Waals surface area contributed by atoms with E-state index < -0.39 is 20.0 Å². The van der Waals surface area contributed by atoms with Crippen LogP contribution in [-0.2, 0) is 20.0 Å². The predicted octanol–water partition coefficient (Wildman–Crippen LogP) is 3.22. The molecule has 0 spiro atoms. The van der Waals surface area contributed by atoms with E-state index in [-0.39, 0.29) is 22.4 Å². The molecule has 1 N–H and O–H groups in total. The van der Waals surface area contributed by atoms with Gasteiger partial charge in [0.2, 0.25) is 20.0 Å². The normalized spacial score (nSPS) is 18.1. The third-order valence-electron chi connectivity index (χ3n) is 5.65. The van der Waals surface area contributed by atoms with E-state index >= 15 is 0 Å². The Balaban J connectivity index is 1.69. The van der Waals surface area contributed by atoms with Crippen LogP contribution in [0.2, 0.25) is 0 Å². The Morgan fingerprint density at radius 3 is 2.32 bits per heavy atom. The Labute approximate surface area is 185 Å². The van der Waals surface area contributed by atoms with Crippen molar-refractivity contribution in [2.24, 2.45) is 0 Å². The number of nitrogens with one attached hydrogen (secondary N) is 1. The number of nitrogens with zero attached hydrogens (tertiary/aromatic N) is 1. The van der Waals surface area contributed by atoms with Crippen molar-refractivity contribution in [2.45, 2.75) is 55.4 Å². The number of aryl methyl sites for hydroxylation is 2. The van der Waals surface area contributed by atoms with Crippen molar-refractivity contribution in [1.29, 1.82) is 0 Å². The van der Waals surface area contributed by atoms with Crippen LogP contribution < -0.4 is 9.46 Å². The van der Waals surface area contributed by atoms with E-state index in [1.807, 2.05) is 6.92 Å². The molecule has 0 bridgehead atoms. The minimum absolute atomic E-state index is 0.165. The number of hydrogen-bond acceptors (Lipinski definition) is 5. The first-order valence-electron chi connectivity index (χ1n) is 10.4. The van der Waals surface area contributed by atoms with Crippen LogP contribution in [-0.4, -0.2) is 47.4 Å². The van der Waals surface area contributed by atoms with E-state index in [1.54, 1.807) is 43.3 Å². The minimum Gasteiger partial charge on any atom is -0.496 e. The van der Waals surface area contributed by atoms with Gasteiger partial charge in [0.05, 0.1) is 16.9 Å². The van der Waals surface area contributed by atoms with Crippen LogP contribution in [0, 0.1) is 13.8 Å². The maximum absolute atomic E-state index is 13.2. The molecule has 1 fully saturated rings. The molecule has 1 saturated heterocycles. The molecule has 0 amide bonds. The highest BCUT2D eigenvalue weighted by Gasteiger charge is 2.33. The molecule has 2 aromatic carbocycles. The molecule has 1 aliphatic heterocycles. The van der Waals surface area contributed by atoms with Gasteiger partial charge in [-0.15, -0.1) is 0 Å². The fraction of sp³-hybridized carbons (Fsp3) is 0.455. The smallest absolute Gasteiger partial charge is 0.243 e. The second kappa shape index (κ2) is 9.68. The predicted molar refractivity (Wildman–Crippen MR) is 120 cm³/mol. The quantitative estimate of drug-likeness (QED) is 0.645. The molecule has 3 rings (SSSR count). The van der Waals surface area contributed by atoms with Crippen molar-refractivity contribution in [1.82, 2.24) is 9.03 Å². The first-order valence-corrected chi connectivity index (χ1v) is 13.3. The molecule has 31 heavy (non-hydrogen) atoms. The van der Waals surface area contributed by atoms with Crippen LogP contribution in [0.5, 0.6) is 5.75 Å². The summed E-state index contributed by atoms with van der Waals surface area (Å²) in [4.78, 5) is 0.442. The van der Waals surface area contributed by atoms with Crippen LogP contribution in [0.1, 0.15) is 36.8 Å². The van der Waals surface area contributed by atoms with Gasteiger partial charge in [-0.3, -0.25) is 0 Å². The molecule has 0 saturated carbocycles. The number of methoxy groups -OCH3 is 1. The summed E-state index contributed by atoms with van der Waals surface area (Å²) in [6.07, 6.45) is 2.86. The van der Waals surface area contributed by atoms with Crippen molar-refractivity contribution >= 4 is 20.0 Å². The third-order valence-corrected chi connectivity index (χ3v) is 9.07. The minimum atomic E-state index is -3.69. The standard InChI is InChI=1S/C22H30N2O5S2/c1-17-7-9-20(10-8-17)31(27,28)24-15-5-4-6-19(24)13-14-23-30(25,26)21-11-12-22(29-3)18(2)16-21/h7-12,16,19,23H,4-6,13-15H2,1-3H3. The van der Waals surface area contributed by atoms with E-state index in [0.29, 0.717) is 25.1 Å². The van der Waals surface area contributed by atoms with Crippen LogP contribution in [0.3, 0.4) is 0 Å². The van der Waals surface area contributed by atoms with Crippen LogP contribution in [0.25, 0.3) is 0 Å². The number of rotatable bonds is 8. The van der Waals surface area contributed by atoms with Crippen molar-refractivity contribution in [3.8, 4) is 5.75 Å². The second-order valence-electron chi connectivity index (χ2n) is 7.90. The molecular formula is C22H30N2O5S2. The summed E-state index contributed by atoms with van der Waals surface area (Å²) in [5.41, 5.74) is 1.73. The van der Waals surface area contributed by atoms with Crippen LogP contribution in [0.15, 0.2) is 52.3 Å². The number of hydrogen-bond donors (Lipinski definition) is 1. The zero-order valence-electron chi connectivity index (χ0n) is 18.2. The lowest BCUT2D eigenvalue weighted by atomic mass is 10.0. The Hall–Kier alpha value is -1.94. The molecule has 1 heterocycles. The van der Waals surface area contributed by atoms with Gasteiger partial charge in [0.15, 0.2) is 0 Å². The highest BCUT2D eigenvalue weighted by atomic mass is 32.2. The monoisotopic (exact) mass is 466 g/mol. The Kier molecular flexibility index (Phi) is 7.41. The zero-order chi connectivity index (χ0) is 22.6. The molecule has 9 heteroatoms. The summed E-state index contributed by atoms with van der Waals surface area (Å²) in [7, 11) is -5.77. The topological polar surface area (TPSA) is 92.8 Å². The molecule has 1 atom stereocenters. The number of benzene rings is 2. The van der Waals surface area contributed by atoms with E-state index in [2.05, 4.69) is 4.72 Å². The van der Waals surface area contributed by atoms with Gasteiger partial charge in [0, 0.05) is 19.1 Å². The summed E-state index contributed by atoms with van der Waals surface area (Å²) >= 11 is 0. The lowest BCUT2D eigenvalue weighted by molar-refractivity contribution is 0.242. The van der Waals surface area contributed by atoms with Gasteiger partial charge in [0.1, 0.15) is 5.75 Å². The van der Waals surface area contributed by atoms with Gasteiger partial charge < -0.3 is 4.74 Å². The summed E-state index contributed by atoms with van der Waals surface area (Å²) < 4.78 is 61.0. The third kappa shape index (κ3) is 5.46. The first-order chi connectivity index (χ1) is 14.6. The SMILES string of the molecule is COc1ccc(S(=O)(=O)NCCC2CCCCN2S(=O)(=O)c2ccc(C)cc2)cc1C. The van der Waals surface area contributed by atoms with Gasteiger partial charge in [-0.25, -0.2) is 21.6 Å². The van der Waals surface area contributed by atoms with E-state index in [4.69, 9.17) is 4.74 Å². The van der Waals surface area contributed by atoms with E-state index in [0.717, 1.165) is 24.0 Å². The lowest BCUT2D eigenvalue weighted by Gasteiger charge is -2.34. The van der Waals surface area contributed by atoms with Crippen molar-refractivity contribution in [3.05, 3.63) is 53.6 Å². The van der Waals surface area contributed by atoms with Gasteiger partial charge >= 0.3 is 0 Å². The Morgan fingerprint density at radius 2 is 1.68 bits per heavy atom. The molecule has 1 aliphatic rings. The second-order valence-corrected chi connectivity index (χ2v) is 11.6. The van der Waals surface area contributed by atoms with E-state index in [1.165, 1.54) is 17.5 Å². The van der Waals surface area contributed by atoms with Gasteiger partial charge in [-0.05, 0) is 69.0 Å². The van der Waals surface area contributed by atoms with Crippen molar-refractivity contribution < 1.29 is 21.6 Å². The molecule has 2 aromatic rings. The molecule has 1 unspecified atom stereocenters. The zero-order valence-corrected chi connectivity index (χ0v) is 19.8. The summed E-state index contributed by atoms with van der Waals surface area (Å²) in [6.45, 7) is 4.31. The summed E-state index contributed by atoms with van der Waals surface area (Å²) in [5.74, 6) is 0.623. The van der Waals surface area contributed by atoms with Crippen LogP contribution in [0.4, 0.5) is 0 Å². The fourth-order valence-electron chi connectivity index (χ4n) is 3.89. The Morgan fingerprint density at radius 1 is 1.00 bits per heavy atom. The maximum Gasteiger partial charge on any atom is 0.243 e. The molecule has 170 valence electrons. The molecular weight excluding hydrogens is 436 g/mol. The molecule has 0 aromatic heterocycles. The van der Waals surface area contributed by atoms with Crippen LogP contribution >= 0.6 is 0 Å². The molecule has 0 radical (unpaired) electrons. The fourth-order valence-corrected chi connectivity index (χ4v) is 6.74. The molecule has 0 aliphatic carbocycles. The summed E-state index contributed by atoms with van der Waals surface area (Å²) in [6, 6.07) is 11.3.